The lowest BCUT2D eigenvalue weighted by atomic mass is 10.3. The van der Waals surface area contributed by atoms with Crippen molar-refractivity contribution in [1.29, 1.82) is 0 Å². The van der Waals surface area contributed by atoms with Crippen LogP contribution in [0.1, 0.15) is 13.8 Å². The van der Waals surface area contributed by atoms with E-state index in [1.54, 1.807) is 6.92 Å². The summed E-state index contributed by atoms with van der Waals surface area (Å²) >= 11 is 0. The molecule has 2 atom stereocenters. The molecule has 2 unspecified atom stereocenters. The molecule has 0 amide bonds. The van der Waals surface area contributed by atoms with Crippen LogP contribution in [0.3, 0.4) is 0 Å². The molecular weight excluding hydrogens is 218 g/mol. The van der Waals surface area contributed by atoms with Crippen molar-refractivity contribution in [2.24, 2.45) is 0 Å². The van der Waals surface area contributed by atoms with E-state index < -0.39 is 15.9 Å². The van der Waals surface area contributed by atoms with E-state index in [0.29, 0.717) is 13.2 Å². The van der Waals surface area contributed by atoms with Gasteiger partial charge in [-0.1, -0.05) is 0 Å². The molecule has 0 saturated carbocycles. The Bertz CT molecular complexity index is 253. The van der Waals surface area contributed by atoms with Gasteiger partial charge in [-0.25, -0.2) is 8.42 Å². The summed E-state index contributed by atoms with van der Waals surface area (Å²) in [6.07, 6.45) is 0.605. The lowest BCUT2D eigenvalue weighted by molar-refractivity contribution is 0.0420. The molecule has 0 radical (unpaired) electrons. The summed E-state index contributed by atoms with van der Waals surface area (Å²) < 4.78 is 26.9. The van der Waals surface area contributed by atoms with E-state index >= 15 is 0 Å². The molecule has 0 aromatic rings. The largest absolute Gasteiger partial charge is 0.389 e. The monoisotopic (exact) mass is 239 g/mol. The molecule has 0 bridgehead atoms. The molecule has 92 valence electrons. The highest BCUT2D eigenvalue weighted by atomic mass is 32.2. The summed E-state index contributed by atoms with van der Waals surface area (Å²) in [5, 5.41) is 12.3. The molecule has 0 aliphatic rings. The molecule has 0 heterocycles. The van der Waals surface area contributed by atoms with Gasteiger partial charge in [0.2, 0.25) is 0 Å². The van der Waals surface area contributed by atoms with Gasteiger partial charge in [0, 0.05) is 25.4 Å². The maximum atomic E-state index is 10.9. The van der Waals surface area contributed by atoms with Crippen molar-refractivity contribution in [3.63, 3.8) is 0 Å². The zero-order chi connectivity index (χ0) is 11.9. The van der Waals surface area contributed by atoms with Crippen LogP contribution in [0.4, 0.5) is 0 Å². The second-order valence-corrected chi connectivity index (χ2v) is 5.90. The molecule has 15 heavy (non-hydrogen) atoms. The number of hydrogen-bond acceptors (Lipinski definition) is 5. The van der Waals surface area contributed by atoms with Gasteiger partial charge in [-0.15, -0.1) is 0 Å². The molecule has 0 fully saturated rings. The lowest BCUT2D eigenvalue weighted by Crippen LogP contribution is -2.39. The van der Waals surface area contributed by atoms with Crippen LogP contribution in [0.5, 0.6) is 0 Å². The van der Waals surface area contributed by atoms with Gasteiger partial charge in [0.25, 0.3) is 0 Å². The van der Waals surface area contributed by atoms with E-state index in [-0.39, 0.29) is 18.4 Å². The van der Waals surface area contributed by atoms with Gasteiger partial charge in [0.1, 0.15) is 9.84 Å². The molecular formula is C9H21NO4S. The smallest absolute Gasteiger partial charge is 0.148 e. The predicted octanol–water partition coefficient (Wildman–Crippen LogP) is -0.593. The highest BCUT2D eigenvalue weighted by molar-refractivity contribution is 7.90. The highest BCUT2D eigenvalue weighted by Crippen LogP contribution is 1.91. The Hall–Kier alpha value is -0.170. The molecule has 0 rings (SSSR count). The zero-order valence-electron chi connectivity index (χ0n) is 9.56. The Morgan fingerprint density at radius 2 is 2.07 bits per heavy atom. The van der Waals surface area contributed by atoms with E-state index in [0.717, 1.165) is 0 Å². The first-order chi connectivity index (χ1) is 6.85. The van der Waals surface area contributed by atoms with Gasteiger partial charge in [0.15, 0.2) is 0 Å². The number of rotatable bonds is 8. The summed E-state index contributed by atoms with van der Waals surface area (Å²) in [6.45, 7) is 4.81. The summed E-state index contributed by atoms with van der Waals surface area (Å²) in [4.78, 5) is 0. The summed E-state index contributed by atoms with van der Waals surface area (Å²) in [6, 6.07) is -0.156. The van der Waals surface area contributed by atoms with Gasteiger partial charge in [-0.05, 0) is 13.8 Å². The van der Waals surface area contributed by atoms with Crippen LogP contribution in [-0.4, -0.2) is 57.4 Å². The third-order valence-electron chi connectivity index (χ3n) is 1.77. The first-order valence-corrected chi connectivity index (χ1v) is 7.08. The SMILES string of the molecule is CCOCC(O)CNC(C)CS(C)(=O)=O. The average molecular weight is 239 g/mol. The normalized spacial score (nSPS) is 16.3. The number of hydrogen-bond donors (Lipinski definition) is 2. The lowest BCUT2D eigenvalue weighted by Gasteiger charge is -2.16. The van der Waals surface area contributed by atoms with E-state index in [1.165, 1.54) is 6.26 Å². The quantitative estimate of drug-likeness (QED) is 0.592. The van der Waals surface area contributed by atoms with Crippen molar-refractivity contribution in [3.05, 3.63) is 0 Å². The summed E-state index contributed by atoms with van der Waals surface area (Å²) in [5.41, 5.74) is 0. The van der Waals surface area contributed by atoms with Gasteiger partial charge >= 0.3 is 0 Å². The number of nitrogens with one attached hydrogen (secondary N) is 1. The van der Waals surface area contributed by atoms with Crippen molar-refractivity contribution >= 4 is 9.84 Å². The van der Waals surface area contributed by atoms with Crippen LogP contribution >= 0.6 is 0 Å². The molecule has 2 N–H and O–H groups in total. The molecule has 0 aromatic heterocycles. The molecule has 0 aliphatic heterocycles. The minimum atomic E-state index is -2.96. The van der Waals surface area contributed by atoms with Crippen LogP contribution < -0.4 is 5.32 Å². The fourth-order valence-corrected chi connectivity index (χ4v) is 2.19. The number of aliphatic hydroxyl groups is 1. The summed E-state index contributed by atoms with van der Waals surface area (Å²) in [7, 11) is -2.96. The first-order valence-electron chi connectivity index (χ1n) is 5.02. The number of aliphatic hydroxyl groups excluding tert-OH is 1. The Balaban J connectivity index is 3.66. The number of ether oxygens (including phenoxy) is 1. The summed E-state index contributed by atoms with van der Waals surface area (Å²) in [5.74, 6) is 0.0777. The van der Waals surface area contributed by atoms with Crippen molar-refractivity contribution in [2.45, 2.75) is 26.0 Å². The van der Waals surface area contributed by atoms with E-state index in [9.17, 15) is 13.5 Å². The standard InChI is InChI=1S/C9H21NO4S/c1-4-14-6-9(11)5-10-8(2)7-15(3,12)13/h8-11H,4-7H2,1-3H3. The van der Waals surface area contributed by atoms with Crippen molar-refractivity contribution < 1.29 is 18.3 Å². The zero-order valence-corrected chi connectivity index (χ0v) is 10.4. The molecule has 0 aromatic carbocycles. The maximum absolute atomic E-state index is 10.9. The maximum Gasteiger partial charge on any atom is 0.148 e. The van der Waals surface area contributed by atoms with E-state index in [4.69, 9.17) is 4.74 Å². The minimum absolute atomic E-state index is 0.0777. The van der Waals surface area contributed by atoms with Gasteiger partial charge in [0.05, 0.1) is 18.5 Å². The van der Waals surface area contributed by atoms with Crippen LogP contribution in [0.2, 0.25) is 0 Å². The van der Waals surface area contributed by atoms with Crippen LogP contribution in [0.15, 0.2) is 0 Å². The Labute approximate surface area is 91.7 Å². The second-order valence-electron chi connectivity index (χ2n) is 3.72. The van der Waals surface area contributed by atoms with Gasteiger partial charge in [-0.3, -0.25) is 0 Å². The second kappa shape index (κ2) is 7.16. The topological polar surface area (TPSA) is 75.6 Å². The van der Waals surface area contributed by atoms with Gasteiger partial charge in [-0.2, -0.15) is 0 Å². The van der Waals surface area contributed by atoms with Crippen molar-refractivity contribution in [3.8, 4) is 0 Å². The van der Waals surface area contributed by atoms with Crippen LogP contribution in [-0.2, 0) is 14.6 Å². The third kappa shape index (κ3) is 10.1. The molecule has 0 spiro atoms. The fourth-order valence-electron chi connectivity index (χ4n) is 1.16. The highest BCUT2D eigenvalue weighted by Gasteiger charge is 2.11. The van der Waals surface area contributed by atoms with Crippen LogP contribution in [0, 0.1) is 0 Å². The van der Waals surface area contributed by atoms with Crippen LogP contribution in [0.25, 0.3) is 0 Å². The van der Waals surface area contributed by atoms with E-state index in [2.05, 4.69) is 5.32 Å². The third-order valence-corrected chi connectivity index (χ3v) is 2.87. The predicted molar refractivity (Wildman–Crippen MR) is 59.7 cm³/mol. The van der Waals surface area contributed by atoms with Crippen molar-refractivity contribution in [1.82, 2.24) is 5.32 Å². The minimum Gasteiger partial charge on any atom is -0.389 e. The molecule has 0 aliphatic carbocycles. The molecule has 6 heteroatoms. The number of sulfone groups is 1. The molecule has 5 nitrogen and oxygen atoms in total. The Kier molecular flexibility index (Phi) is 7.08. The average Bonchev–Trinajstić information content (AvgIpc) is 2.08. The Morgan fingerprint density at radius 1 is 1.47 bits per heavy atom. The van der Waals surface area contributed by atoms with Gasteiger partial charge < -0.3 is 15.2 Å². The fraction of sp³-hybridized carbons (Fsp3) is 1.00. The van der Waals surface area contributed by atoms with E-state index in [1.807, 2.05) is 6.92 Å². The Morgan fingerprint density at radius 3 is 2.53 bits per heavy atom. The van der Waals surface area contributed by atoms with Crippen molar-refractivity contribution in [2.75, 3.05) is 31.8 Å². The first kappa shape index (κ1) is 14.8. The molecule has 0 saturated heterocycles.